The topological polar surface area (TPSA) is 50.2 Å². The van der Waals surface area contributed by atoms with E-state index in [1.165, 1.54) is 0 Å². The van der Waals surface area contributed by atoms with E-state index in [-0.39, 0.29) is 11.8 Å². The summed E-state index contributed by atoms with van der Waals surface area (Å²) in [6.45, 7) is 5.60. The average molecular weight is 299 g/mol. The van der Waals surface area contributed by atoms with Gasteiger partial charge < -0.3 is 10.2 Å². The predicted molar refractivity (Wildman–Crippen MR) is 80.3 cm³/mol. The van der Waals surface area contributed by atoms with Gasteiger partial charge in [0.15, 0.2) is 0 Å². The molecule has 20 heavy (non-hydrogen) atoms. The van der Waals surface area contributed by atoms with Gasteiger partial charge in [0.1, 0.15) is 5.15 Å². The van der Waals surface area contributed by atoms with Crippen LogP contribution >= 0.6 is 11.6 Å². The fourth-order valence-corrected chi connectivity index (χ4v) is 2.87. The Hall–Kier alpha value is -1.07. The molecule has 5 nitrogen and oxygen atoms in total. The van der Waals surface area contributed by atoms with Crippen molar-refractivity contribution >= 4 is 17.5 Å². The molecule has 0 aromatic carbocycles. The summed E-state index contributed by atoms with van der Waals surface area (Å²) in [5, 5.41) is 8.09. The molecule has 0 aliphatic carbocycles. The highest BCUT2D eigenvalue weighted by atomic mass is 35.5. The minimum absolute atomic E-state index is 0.0151. The van der Waals surface area contributed by atoms with Crippen molar-refractivity contribution in [1.29, 1.82) is 0 Å². The fourth-order valence-electron chi connectivity index (χ4n) is 2.65. The molecule has 1 aliphatic rings. The first kappa shape index (κ1) is 15.3. The Balaban J connectivity index is 2.21. The highest BCUT2D eigenvalue weighted by Gasteiger charge is 2.29. The number of hydrogen-bond donors (Lipinski definition) is 1. The quantitative estimate of drug-likeness (QED) is 0.929. The molecule has 1 aromatic heterocycles. The summed E-state index contributed by atoms with van der Waals surface area (Å²) in [6.07, 6.45) is 1.97. The summed E-state index contributed by atoms with van der Waals surface area (Å²) in [6, 6.07) is 0.507. The van der Waals surface area contributed by atoms with Crippen molar-refractivity contribution < 1.29 is 4.79 Å². The summed E-state index contributed by atoms with van der Waals surface area (Å²) in [7, 11) is 3.75. The summed E-state index contributed by atoms with van der Waals surface area (Å²) in [4.78, 5) is 14.6. The van der Waals surface area contributed by atoms with Crippen LogP contribution in [0.4, 0.5) is 0 Å². The molecule has 0 bridgehead atoms. The van der Waals surface area contributed by atoms with Crippen molar-refractivity contribution in [3.05, 3.63) is 16.4 Å². The van der Waals surface area contributed by atoms with Crippen molar-refractivity contribution in [3.8, 4) is 0 Å². The van der Waals surface area contributed by atoms with Crippen LogP contribution in [0.2, 0.25) is 5.15 Å². The third-order valence-electron chi connectivity index (χ3n) is 3.96. The summed E-state index contributed by atoms with van der Waals surface area (Å²) >= 11 is 6.27. The average Bonchev–Trinajstić information content (AvgIpc) is 2.74. The maximum Gasteiger partial charge on any atom is 0.258 e. The van der Waals surface area contributed by atoms with Crippen LogP contribution < -0.4 is 5.32 Å². The van der Waals surface area contributed by atoms with Crippen LogP contribution in [0.5, 0.6) is 0 Å². The van der Waals surface area contributed by atoms with Gasteiger partial charge in [-0.15, -0.1) is 0 Å². The molecule has 0 radical (unpaired) electrons. The van der Waals surface area contributed by atoms with Gasteiger partial charge in [-0.2, -0.15) is 5.10 Å². The number of hydrogen-bond acceptors (Lipinski definition) is 3. The van der Waals surface area contributed by atoms with E-state index in [1.807, 2.05) is 25.8 Å². The second kappa shape index (κ2) is 6.14. The molecule has 0 unspecified atom stereocenters. The minimum Gasteiger partial charge on any atom is -0.338 e. The molecular weight excluding hydrogens is 276 g/mol. The first-order chi connectivity index (χ1) is 9.45. The molecule has 2 rings (SSSR count). The van der Waals surface area contributed by atoms with Crippen molar-refractivity contribution in [3.63, 3.8) is 0 Å². The van der Waals surface area contributed by atoms with Gasteiger partial charge in [-0.05, 0) is 25.8 Å². The molecule has 1 N–H and O–H groups in total. The summed E-state index contributed by atoms with van der Waals surface area (Å²) < 4.78 is 1.59. The number of aryl methyl sites for hydroxylation is 1. The highest BCUT2D eigenvalue weighted by molar-refractivity contribution is 6.33. The lowest BCUT2D eigenvalue weighted by Gasteiger charge is -2.32. The lowest BCUT2D eigenvalue weighted by atomic mass is 10.0. The van der Waals surface area contributed by atoms with Gasteiger partial charge in [-0.25, -0.2) is 0 Å². The molecule has 0 atom stereocenters. The molecule has 1 aliphatic heterocycles. The van der Waals surface area contributed by atoms with Gasteiger partial charge in [0, 0.05) is 26.2 Å². The molecule has 0 saturated carbocycles. The Morgan fingerprint density at radius 1 is 1.40 bits per heavy atom. The Morgan fingerprint density at radius 3 is 2.50 bits per heavy atom. The molecule has 0 spiro atoms. The lowest BCUT2D eigenvalue weighted by molar-refractivity contribution is 0.0706. The molecule has 1 fully saturated rings. The van der Waals surface area contributed by atoms with E-state index in [9.17, 15) is 4.79 Å². The Labute approximate surface area is 125 Å². The van der Waals surface area contributed by atoms with Crippen molar-refractivity contribution in [2.24, 2.45) is 7.05 Å². The zero-order valence-electron chi connectivity index (χ0n) is 12.6. The number of nitrogens with zero attached hydrogens (tertiary/aromatic N) is 3. The molecule has 1 amide bonds. The Bertz CT molecular complexity index is 490. The van der Waals surface area contributed by atoms with Crippen LogP contribution in [0.25, 0.3) is 0 Å². The number of aromatic nitrogens is 2. The van der Waals surface area contributed by atoms with E-state index in [0.29, 0.717) is 16.8 Å². The zero-order chi connectivity index (χ0) is 14.9. The Morgan fingerprint density at radius 2 is 2.00 bits per heavy atom. The van der Waals surface area contributed by atoms with Crippen LogP contribution in [-0.4, -0.2) is 46.8 Å². The van der Waals surface area contributed by atoms with Crippen molar-refractivity contribution in [1.82, 2.24) is 20.0 Å². The van der Waals surface area contributed by atoms with Gasteiger partial charge in [-0.1, -0.05) is 25.4 Å². The number of rotatable bonds is 3. The van der Waals surface area contributed by atoms with Crippen LogP contribution in [-0.2, 0) is 7.05 Å². The maximum atomic E-state index is 12.7. The van der Waals surface area contributed by atoms with Crippen LogP contribution in [0.3, 0.4) is 0 Å². The summed E-state index contributed by atoms with van der Waals surface area (Å²) in [5.41, 5.74) is 1.37. The highest BCUT2D eigenvalue weighted by Crippen LogP contribution is 2.27. The van der Waals surface area contributed by atoms with E-state index < -0.39 is 0 Å². The Kier molecular flexibility index (Phi) is 4.70. The van der Waals surface area contributed by atoms with Crippen LogP contribution in [0.1, 0.15) is 48.7 Å². The molecular formula is C14H23ClN4O. The van der Waals surface area contributed by atoms with Gasteiger partial charge in [0.05, 0.1) is 11.3 Å². The standard InChI is InChI=1S/C14H23ClN4O/c1-9(2)12-11(13(15)18(4)17-12)14(20)19-7-5-10(16-3)6-8-19/h9-10,16H,5-8H2,1-4H3. The predicted octanol–water partition coefficient (Wildman–Crippen LogP) is 2.02. The number of likely N-dealkylation sites (tertiary alicyclic amines) is 1. The third kappa shape index (κ3) is 2.83. The maximum absolute atomic E-state index is 12.7. The van der Waals surface area contributed by atoms with Gasteiger partial charge in [0.25, 0.3) is 5.91 Å². The lowest BCUT2D eigenvalue weighted by Crippen LogP contribution is -2.44. The molecule has 6 heteroatoms. The fraction of sp³-hybridized carbons (Fsp3) is 0.714. The molecule has 2 heterocycles. The van der Waals surface area contributed by atoms with E-state index in [1.54, 1.807) is 11.7 Å². The van der Waals surface area contributed by atoms with E-state index in [0.717, 1.165) is 31.6 Å². The third-order valence-corrected chi connectivity index (χ3v) is 4.39. The van der Waals surface area contributed by atoms with E-state index >= 15 is 0 Å². The summed E-state index contributed by atoms with van der Waals surface area (Å²) in [5.74, 6) is 0.198. The number of carbonyl (C=O) groups is 1. The zero-order valence-corrected chi connectivity index (χ0v) is 13.4. The normalized spacial score (nSPS) is 17.0. The second-order valence-corrected chi connectivity index (χ2v) is 6.04. The minimum atomic E-state index is 0.0151. The molecule has 112 valence electrons. The number of halogens is 1. The van der Waals surface area contributed by atoms with Crippen LogP contribution in [0.15, 0.2) is 0 Å². The first-order valence-corrected chi connectivity index (χ1v) is 7.52. The molecule has 1 aromatic rings. The molecule has 1 saturated heterocycles. The van der Waals surface area contributed by atoms with E-state index in [2.05, 4.69) is 10.4 Å². The van der Waals surface area contributed by atoms with Gasteiger partial charge in [-0.3, -0.25) is 9.48 Å². The van der Waals surface area contributed by atoms with Gasteiger partial charge >= 0.3 is 0 Å². The van der Waals surface area contributed by atoms with Crippen LogP contribution in [0, 0.1) is 0 Å². The second-order valence-electron chi connectivity index (χ2n) is 5.68. The number of carbonyl (C=O) groups excluding carboxylic acids is 1. The number of nitrogens with one attached hydrogen (secondary N) is 1. The van der Waals surface area contributed by atoms with Crippen molar-refractivity contribution in [2.45, 2.75) is 38.6 Å². The van der Waals surface area contributed by atoms with Crippen molar-refractivity contribution in [2.75, 3.05) is 20.1 Å². The monoisotopic (exact) mass is 298 g/mol. The van der Waals surface area contributed by atoms with E-state index in [4.69, 9.17) is 11.6 Å². The largest absolute Gasteiger partial charge is 0.338 e. The SMILES string of the molecule is CNC1CCN(C(=O)c2c(C(C)C)nn(C)c2Cl)CC1. The smallest absolute Gasteiger partial charge is 0.258 e. The van der Waals surface area contributed by atoms with Gasteiger partial charge in [0.2, 0.25) is 0 Å². The number of amides is 1. The number of piperidine rings is 1. The first-order valence-electron chi connectivity index (χ1n) is 7.14.